The van der Waals surface area contributed by atoms with Crippen molar-refractivity contribution in [3.63, 3.8) is 0 Å². The lowest BCUT2D eigenvalue weighted by atomic mass is 10.2. The number of carbonyl (C=O) groups is 1. The van der Waals surface area contributed by atoms with Gasteiger partial charge in [0, 0.05) is 10.7 Å². The van der Waals surface area contributed by atoms with Gasteiger partial charge < -0.3 is 11.1 Å². The molecule has 3 N–H and O–H groups in total. The first kappa shape index (κ1) is 11.8. The Balaban J connectivity index is 3.07. The molecule has 0 aliphatic heterocycles. The summed E-state index contributed by atoms with van der Waals surface area (Å²) in [7, 11) is -2.56. The Hall–Kier alpha value is -1.27. The van der Waals surface area contributed by atoms with E-state index in [0.29, 0.717) is 16.3 Å². The van der Waals surface area contributed by atoms with E-state index in [2.05, 4.69) is 5.32 Å². The van der Waals surface area contributed by atoms with E-state index < -0.39 is 16.7 Å². The number of hydrogen-bond donors (Lipinski definition) is 3. The second-order valence-corrected chi connectivity index (χ2v) is 4.20. The van der Waals surface area contributed by atoms with E-state index in [9.17, 15) is 13.2 Å². The summed E-state index contributed by atoms with van der Waals surface area (Å²) in [6, 6.07) is 3.75. The van der Waals surface area contributed by atoms with Gasteiger partial charge in [0.15, 0.2) is 0 Å². The molecule has 0 heterocycles. The lowest BCUT2D eigenvalue weighted by molar-refractivity contribution is 0.259. The highest BCUT2D eigenvalue weighted by Crippen LogP contribution is 2.21. The summed E-state index contributed by atoms with van der Waals surface area (Å²) < 4.78 is 21.1. The van der Waals surface area contributed by atoms with Crippen LogP contribution in [0.1, 0.15) is 5.56 Å². The number of benzene rings is 1. The molecular formula is C8H9ClN2O3S. The summed E-state index contributed by atoms with van der Waals surface area (Å²) in [5.74, 6) is -0.165. The zero-order chi connectivity index (χ0) is 11.4. The third-order valence-electron chi connectivity index (χ3n) is 1.63. The minimum atomic E-state index is -2.56. The van der Waals surface area contributed by atoms with Crippen LogP contribution in [0.4, 0.5) is 10.5 Å². The normalized spacial score (nSPS) is 10.3. The Morgan fingerprint density at radius 1 is 1.47 bits per heavy atom. The van der Waals surface area contributed by atoms with E-state index in [1.807, 2.05) is 0 Å². The molecule has 7 heteroatoms. The third kappa shape index (κ3) is 3.77. The molecule has 0 aliphatic carbocycles. The van der Waals surface area contributed by atoms with E-state index in [4.69, 9.17) is 17.3 Å². The number of primary amides is 1. The highest BCUT2D eigenvalue weighted by atomic mass is 35.5. The molecule has 0 saturated heterocycles. The van der Waals surface area contributed by atoms with Crippen LogP contribution in [0.15, 0.2) is 18.2 Å². The molecule has 0 radical (unpaired) electrons. The van der Waals surface area contributed by atoms with Gasteiger partial charge in [-0.05, 0) is 17.7 Å². The number of nitrogens with two attached hydrogens (primary N) is 1. The van der Waals surface area contributed by atoms with E-state index in [0.717, 1.165) is 0 Å². The molecule has 1 rings (SSSR count). The Bertz CT molecular complexity index is 451. The van der Waals surface area contributed by atoms with Crippen molar-refractivity contribution < 1.29 is 13.2 Å². The van der Waals surface area contributed by atoms with Gasteiger partial charge in [-0.15, -0.1) is 0 Å². The summed E-state index contributed by atoms with van der Waals surface area (Å²) in [6.07, 6.45) is 0. The summed E-state index contributed by atoms with van der Waals surface area (Å²) >= 11 is 5.69. The Morgan fingerprint density at radius 3 is 2.67 bits per heavy atom. The van der Waals surface area contributed by atoms with Gasteiger partial charge in [-0.1, -0.05) is 17.7 Å². The summed E-state index contributed by atoms with van der Waals surface area (Å²) in [5, 5.41) is 2.70. The first-order valence-corrected chi connectivity index (χ1v) is 5.70. The smallest absolute Gasteiger partial charge is 0.316 e. The number of rotatable bonds is 3. The van der Waals surface area contributed by atoms with E-state index in [-0.39, 0.29) is 5.75 Å². The van der Waals surface area contributed by atoms with Gasteiger partial charge in [0.1, 0.15) is 10.7 Å². The lowest BCUT2D eigenvalue weighted by Gasteiger charge is -2.07. The van der Waals surface area contributed by atoms with Crippen LogP contribution in [0, 0.1) is 0 Å². The van der Waals surface area contributed by atoms with Gasteiger partial charge in [0.2, 0.25) is 0 Å². The molecule has 0 fully saturated rings. The molecule has 1 aromatic rings. The second kappa shape index (κ2) is 4.99. The Morgan fingerprint density at radius 2 is 2.13 bits per heavy atom. The van der Waals surface area contributed by atoms with Crippen LogP contribution in [0.25, 0.3) is 0 Å². The SMILES string of the molecule is NC(=O)Nc1cc(Cl)ccc1C[SH](=O)=O. The standard InChI is InChI=1S/C8H9ClN2O3S/c9-6-2-1-5(4-15(13)14)7(3-6)11-8(10)12/h1-3,15H,4H2,(H3,10,11,12). The minimum absolute atomic E-state index is 0.165. The van der Waals surface area contributed by atoms with Crippen LogP contribution in [0.5, 0.6) is 0 Å². The third-order valence-corrected chi connectivity index (χ3v) is 2.46. The van der Waals surface area contributed by atoms with Crippen LogP contribution < -0.4 is 11.1 Å². The first-order chi connectivity index (χ1) is 6.99. The molecule has 5 nitrogen and oxygen atoms in total. The maximum Gasteiger partial charge on any atom is 0.316 e. The van der Waals surface area contributed by atoms with Gasteiger partial charge in [0.05, 0.1) is 5.75 Å². The van der Waals surface area contributed by atoms with Crippen molar-refractivity contribution in [1.82, 2.24) is 0 Å². The molecule has 0 aromatic heterocycles. The maximum absolute atomic E-state index is 10.6. The highest BCUT2D eigenvalue weighted by Gasteiger charge is 2.06. The van der Waals surface area contributed by atoms with Crippen LogP contribution >= 0.6 is 11.6 Å². The molecule has 0 saturated carbocycles. The number of anilines is 1. The van der Waals surface area contributed by atoms with Crippen LogP contribution in [-0.2, 0) is 16.5 Å². The van der Waals surface area contributed by atoms with E-state index >= 15 is 0 Å². The van der Waals surface area contributed by atoms with Gasteiger partial charge in [-0.25, -0.2) is 13.2 Å². The summed E-state index contributed by atoms with van der Waals surface area (Å²) in [6.45, 7) is 0. The average Bonchev–Trinajstić information content (AvgIpc) is 2.08. The number of carbonyl (C=O) groups excluding carboxylic acids is 1. The molecule has 0 aliphatic rings. The second-order valence-electron chi connectivity index (χ2n) is 2.78. The molecular weight excluding hydrogens is 240 g/mol. The highest BCUT2D eigenvalue weighted by molar-refractivity contribution is 7.71. The number of hydrogen-bond acceptors (Lipinski definition) is 3. The Kier molecular flexibility index (Phi) is 3.93. The topological polar surface area (TPSA) is 89.3 Å². The summed E-state index contributed by atoms with van der Waals surface area (Å²) in [5.41, 5.74) is 5.70. The molecule has 15 heavy (non-hydrogen) atoms. The fourth-order valence-electron chi connectivity index (χ4n) is 1.07. The van der Waals surface area contributed by atoms with Crippen molar-refractivity contribution in [3.8, 4) is 0 Å². The number of halogens is 1. The average molecular weight is 249 g/mol. The van der Waals surface area contributed by atoms with Crippen molar-refractivity contribution in [2.45, 2.75) is 5.75 Å². The van der Waals surface area contributed by atoms with Crippen LogP contribution in [0.3, 0.4) is 0 Å². The molecule has 0 spiro atoms. The van der Waals surface area contributed by atoms with E-state index in [1.165, 1.54) is 12.1 Å². The van der Waals surface area contributed by atoms with Gasteiger partial charge >= 0.3 is 6.03 Å². The monoisotopic (exact) mass is 248 g/mol. The molecule has 0 atom stereocenters. The summed E-state index contributed by atoms with van der Waals surface area (Å²) in [4.78, 5) is 10.6. The number of amides is 2. The molecule has 2 amide bonds. The number of urea groups is 1. The number of nitrogens with one attached hydrogen (secondary N) is 1. The van der Waals surface area contributed by atoms with Crippen molar-refractivity contribution in [2.75, 3.05) is 5.32 Å². The zero-order valence-electron chi connectivity index (χ0n) is 7.57. The van der Waals surface area contributed by atoms with Crippen molar-refractivity contribution in [2.24, 2.45) is 5.73 Å². The van der Waals surface area contributed by atoms with Crippen LogP contribution in [-0.4, -0.2) is 14.4 Å². The van der Waals surface area contributed by atoms with Crippen molar-refractivity contribution in [3.05, 3.63) is 28.8 Å². The minimum Gasteiger partial charge on any atom is -0.351 e. The molecule has 1 aromatic carbocycles. The molecule has 82 valence electrons. The quantitative estimate of drug-likeness (QED) is 0.696. The van der Waals surface area contributed by atoms with Gasteiger partial charge in [-0.3, -0.25) is 0 Å². The predicted octanol–water partition coefficient (Wildman–Crippen LogP) is 0.942. The molecule has 0 bridgehead atoms. The number of thiol groups is 1. The van der Waals surface area contributed by atoms with Crippen molar-refractivity contribution in [1.29, 1.82) is 0 Å². The Labute approximate surface area is 93.2 Å². The van der Waals surface area contributed by atoms with Gasteiger partial charge in [-0.2, -0.15) is 0 Å². The van der Waals surface area contributed by atoms with Gasteiger partial charge in [0.25, 0.3) is 0 Å². The van der Waals surface area contributed by atoms with Crippen LogP contribution in [0.2, 0.25) is 5.02 Å². The maximum atomic E-state index is 10.6. The predicted molar refractivity (Wildman–Crippen MR) is 58.7 cm³/mol. The molecule has 0 unspecified atom stereocenters. The fraction of sp³-hybridized carbons (Fsp3) is 0.125. The fourth-order valence-corrected chi connectivity index (χ4v) is 1.80. The first-order valence-electron chi connectivity index (χ1n) is 3.95. The van der Waals surface area contributed by atoms with Crippen molar-refractivity contribution >= 4 is 34.0 Å². The lowest BCUT2D eigenvalue weighted by Crippen LogP contribution is -2.20. The van der Waals surface area contributed by atoms with E-state index in [1.54, 1.807) is 6.07 Å². The largest absolute Gasteiger partial charge is 0.351 e. The zero-order valence-corrected chi connectivity index (χ0v) is 9.22.